The lowest BCUT2D eigenvalue weighted by molar-refractivity contribution is 0.601. The molecule has 0 heterocycles. The highest BCUT2D eigenvalue weighted by molar-refractivity contribution is 9.10. The molecular formula is C14H13BrClNO2S. The van der Waals surface area contributed by atoms with E-state index in [0.29, 0.717) is 15.2 Å². The number of anilines is 1. The van der Waals surface area contributed by atoms with Gasteiger partial charge in [0.25, 0.3) is 10.0 Å². The summed E-state index contributed by atoms with van der Waals surface area (Å²) in [5.74, 6) is 0. The number of sulfonamides is 1. The van der Waals surface area contributed by atoms with Crippen molar-refractivity contribution in [1.29, 1.82) is 0 Å². The summed E-state index contributed by atoms with van der Waals surface area (Å²) in [5, 5.41) is 0.468. The van der Waals surface area contributed by atoms with Crippen LogP contribution in [-0.4, -0.2) is 8.42 Å². The molecule has 0 aromatic heterocycles. The van der Waals surface area contributed by atoms with E-state index in [0.717, 1.165) is 11.1 Å². The second-order valence-corrected chi connectivity index (χ2v) is 7.42. The van der Waals surface area contributed by atoms with Gasteiger partial charge in [0.15, 0.2) is 0 Å². The van der Waals surface area contributed by atoms with Crippen LogP contribution in [0.15, 0.2) is 45.8 Å². The minimum absolute atomic E-state index is 0.159. The number of rotatable bonds is 3. The molecule has 0 aliphatic rings. The molecule has 0 spiro atoms. The van der Waals surface area contributed by atoms with Gasteiger partial charge in [-0.3, -0.25) is 4.72 Å². The number of halogens is 2. The Morgan fingerprint density at radius 2 is 1.75 bits per heavy atom. The van der Waals surface area contributed by atoms with Crippen molar-refractivity contribution in [3.63, 3.8) is 0 Å². The number of hydrogen-bond acceptors (Lipinski definition) is 2. The Labute approximate surface area is 132 Å². The van der Waals surface area contributed by atoms with Crippen LogP contribution in [0.3, 0.4) is 0 Å². The Morgan fingerprint density at radius 1 is 1.05 bits per heavy atom. The first-order valence-electron chi connectivity index (χ1n) is 5.85. The van der Waals surface area contributed by atoms with Crippen LogP contribution in [0.4, 0.5) is 5.69 Å². The molecule has 0 bridgehead atoms. The molecule has 2 rings (SSSR count). The Kier molecular flexibility index (Phi) is 4.42. The maximum atomic E-state index is 12.3. The van der Waals surface area contributed by atoms with Crippen molar-refractivity contribution in [2.45, 2.75) is 18.7 Å². The van der Waals surface area contributed by atoms with Crippen LogP contribution in [-0.2, 0) is 10.0 Å². The first kappa shape index (κ1) is 15.4. The van der Waals surface area contributed by atoms with E-state index in [4.69, 9.17) is 11.6 Å². The maximum absolute atomic E-state index is 12.3. The Balaban J connectivity index is 2.35. The van der Waals surface area contributed by atoms with Gasteiger partial charge in [0.1, 0.15) is 0 Å². The SMILES string of the molecule is Cc1ccc(NS(=O)(=O)c2ccc(Cl)c(Br)c2)cc1C. The number of benzene rings is 2. The minimum Gasteiger partial charge on any atom is -0.280 e. The van der Waals surface area contributed by atoms with Gasteiger partial charge in [0.05, 0.1) is 9.92 Å². The molecule has 0 aliphatic heterocycles. The smallest absolute Gasteiger partial charge is 0.261 e. The van der Waals surface area contributed by atoms with Gasteiger partial charge in [0.2, 0.25) is 0 Å². The lowest BCUT2D eigenvalue weighted by Crippen LogP contribution is -2.13. The van der Waals surface area contributed by atoms with Gasteiger partial charge in [-0.2, -0.15) is 0 Å². The van der Waals surface area contributed by atoms with Crippen molar-refractivity contribution in [1.82, 2.24) is 0 Å². The highest BCUT2D eigenvalue weighted by Crippen LogP contribution is 2.26. The van der Waals surface area contributed by atoms with E-state index >= 15 is 0 Å². The first-order chi connectivity index (χ1) is 9.29. The summed E-state index contributed by atoms with van der Waals surface area (Å²) < 4.78 is 27.7. The average Bonchev–Trinajstić information content (AvgIpc) is 2.37. The summed E-state index contributed by atoms with van der Waals surface area (Å²) in [4.78, 5) is 0.159. The highest BCUT2D eigenvalue weighted by Gasteiger charge is 2.15. The van der Waals surface area contributed by atoms with Crippen molar-refractivity contribution in [3.8, 4) is 0 Å². The molecule has 0 saturated heterocycles. The van der Waals surface area contributed by atoms with Crippen LogP contribution in [0, 0.1) is 13.8 Å². The second kappa shape index (κ2) is 5.76. The van der Waals surface area contributed by atoms with E-state index in [9.17, 15) is 8.42 Å². The van der Waals surface area contributed by atoms with Crippen LogP contribution in [0.25, 0.3) is 0 Å². The molecule has 0 atom stereocenters. The van der Waals surface area contributed by atoms with Gasteiger partial charge in [-0.05, 0) is 71.2 Å². The normalized spacial score (nSPS) is 11.4. The van der Waals surface area contributed by atoms with Gasteiger partial charge in [-0.15, -0.1) is 0 Å². The van der Waals surface area contributed by atoms with Gasteiger partial charge in [-0.1, -0.05) is 17.7 Å². The quantitative estimate of drug-likeness (QED) is 0.858. The predicted molar refractivity (Wildman–Crippen MR) is 85.9 cm³/mol. The molecule has 0 aliphatic carbocycles. The van der Waals surface area contributed by atoms with E-state index in [-0.39, 0.29) is 4.90 Å². The molecule has 2 aromatic carbocycles. The van der Waals surface area contributed by atoms with Crippen LogP contribution in [0.5, 0.6) is 0 Å². The van der Waals surface area contributed by atoms with Crippen LogP contribution < -0.4 is 4.72 Å². The van der Waals surface area contributed by atoms with Crippen molar-refractivity contribution in [3.05, 3.63) is 57.0 Å². The zero-order chi connectivity index (χ0) is 14.9. The largest absolute Gasteiger partial charge is 0.280 e. The monoisotopic (exact) mass is 373 g/mol. The fourth-order valence-corrected chi connectivity index (χ4v) is 3.39. The van der Waals surface area contributed by atoms with Crippen molar-refractivity contribution < 1.29 is 8.42 Å². The third-order valence-electron chi connectivity index (χ3n) is 2.96. The summed E-state index contributed by atoms with van der Waals surface area (Å²) >= 11 is 9.09. The molecule has 20 heavy (non-hydrogen) atoms. The molecule has 6 heteroatoms. The zero-order valence-electron chi connectivity index (χ0n) is 10.9. The topological polar surface area (TPSA) is 46.2 Å². The van der Waals surface area contributed by atoms with Crippen molar-refractivity contribution >= 4 is 43.2 Å². The third kappa shape index (κ3) is 3.34. The minimum atomic E-state index is -3.62. The van der Waals surface area contributed by atoms with Gasteiger partial charge < -0.3 is 0 Å². The van der Waals surface area contributed by atoms with Crippen LogP contribution in [0.1, 0.15) is 11.1 Å². The maximum Gasteiger partial charge on any atom is 0.261 e. The summed E-state index contributed by atoms with van der Waals surface area (Å²) in [5.41, 5.74) is 2.68. The van der Waals surface area contributed by atoms with E-state index in [1.807, 2.05) is 19.9 Å². The second-order valence-electron chi connectivity index (χ2n) is 4.48. The molecule has 2 aromatic rings. The Morgan fingerprint density at radius 3 is 2.35 bits per heavy atom. The fraction of sp³-hybridized carbons (Fsp3) is 0.143. The summed E-state index contributed by atoms with van der Waals surface area (Å²) in [6.45, 7) is 3.91. The molecule has 1 N–H and O–H groups in total. The van der Waals surface area contributed by atoms with Crippen LogP contribution in [0.2, 0.25) is 5.02 Å². The van der Waals surface area contributed by atoms with E-state index in [2.05, 4.69) is 20.7 Å². The average molecular weight is 375 g/mol. The van der Waals surface area contributed by atoms with Crippen LogP contribution >= 0.6 is 27.5 Å². The molecule has 0 fully saturated rings. The summed E-state index contributed by atoms with van der Waals surface area (Å²) in [6.07, 6.45) is 0. The van der Waals surface area contributed by atoms with E-state index in [1.54, 1.807) is 18.2 Å². The van der Waals surface area contributed by atoms with Gasteiger partial charge >= 0.3 is 0 Å². The summed E-state index contributed by atoms with van der Waals surface area (Å²) in [6, 6.07) is 9.91. The standard InChI is InChI=1S/C14H13BrClNO2S/c1-9-3-4-11(7-10(9)2)17-20(18,19)12-5-6-14(16)13(15)8-12/h3-8,17H,1-2H3. The Bertz CT molecular complexity index is 760. The Hall–Kier alpha value is -1.04. The molecular weight excluding hydrogens is 362 g/mol. The first-order valence-corrected chi connectivity index (χ1v) is 8.50. The molecule has 0 amide bonds. The molecule has 0 saturated carbocycles. The van der Waals surface area contributed by atoms with Gasteiger partial charge in [0, 0.05) is 10.2 Å². The van der Waals surface area contributed by atoms with E-state index in [1.165, 1.54) is 12.1 Å². The van der Waals surface area contributed by atoms with E-state index < -0.39 is 10.0 Å². The lowest BCUT2D eigenvalue weighted by atomic mass is 10.1. The molecule has 0 radical (unpaired) electrons. The molecule has 3 nitrogen and oxygen atoms in total. The number of aryl methyl sites for hydroxylation is 2. The molecule has 0 unspecified atom stereocenters. The third-order valence-corrected chi connectivity index (χ3v) is 5.55. The molecule has 106 valence electrons. The fourth-order valence-electron chi connectivity index (χ4n) is 1.66. The summed E-state index contributed by atoms with van der Waals surface area (Å²) in [7, 11) is -3.62. The van der Waals surface area contributed by atoms with Gasteiger partial charge in [-0.25, -0.2) is 8.42 Å². The number of hydrogen-bond donors (Lipinski definition) is 1. The lowest BCUT2D eigenvalue weighted by Gasteiger charge is -2.10. The van der Waals surface area contributed by atoms with Crippen molar-refractivity contribution in [2.75, 3.05) is 4.72 Å². The predicted octanol–water partition coefficient (Wildman–Crippen LogP) is 4.52. The zero-order valence-corrected chi connectivity index (χ0v) is 14.1. The van der Waals surface area contributed by atoms with Crippen molar-refractivity contribution in [2.24, 2.45) is 0 Å². The number of nitrogens with one attached hydrogen (secondary N) is 1. The highest BCUT2D eigenvalue weighted by atomic mass is 79.9.